The van der Waals surface area contributed by atoms with Crippen molar-refractivity contribution < 1.29 is 0 Å². The van der Waals surface area contributed by atoms with Crippen LogP contribution in [-0.2, 0) is 10.8 Å². The SMILES string of the molecule is C1=CCC=C1.CC(C)(C)c1cc2cc(Nc3nccc(-c4cc(-c5cc[nH]c5)ccn4)n3)ccc2[nH]1.CC(C)(C)c1cc2cc(Nc3nccc(-c4cc(Cl)ccn4)n3)ccc2[nH]1. The van der Waals surface area contributed by atoms with E-state index in [0.29, 0.717) is 28.3 Å². The van der Waals surface area contributed by atoms with Crippen LogP contribution in [-0.4, -0.2) is 44.9 Å². The van der Waals surface area contributed by atoms with Gasteiger partial charge in [0, 0.05) is 97.6 Å². The number of pyridine rings is 2. The van der Waals surface area contributed by atoms with Crippen LogP contribution in [0.5, 0.6) is 0 Å². The fourth-order valence-corrected chi connectivity index (χ4v) is 6.96. The van der Waals surface area contributed by atoms with Gasteiger partial charge in [-0.15, -0.1) is 0 Å². The van der Waals surface area contributed by atoms with Gasteiger partial charge in [0.05, 0.1) is 22.8 Å². The molecule has 0 spiro atoms. The predicted molar refractivity (Wildman–Crippen MR) is 259 cm³/mol. The van der Waals surface area contributed by atoms with E-state index in [9.17, 15) is 0 Å². The number of nitrogens with one attached hydrogen (secondary N) is 5. The molecule has 10 rings (SSSR count). The first-order chi connectivity index (χ1) is 30.3. The summed E-state index contributed by atoms with van der Waals surface area (Å²) in [5.41, 5.74) is 11.9. The molecule has 63 heavy (non-hydrogen) atoms. The third-order valence-corrected chi connectivity index (χ3v) is 10.5. The first kappa shape index (κ1) is 42.3. The van der Waals surface area contributed by atoms with Gasteiger partial charge >= 0.3 is 0 Å². The van der Waals surface area contributed by atoms with Gasteiger partial charge in [-0.3, -0.25) is 9.97 Å². The maximum absolute atomic E-state index is 6.05. The molecule has 0 amide bonds. The Bertz CT molecular complexity index is 3030. The number of allylic oxidation sites excluding steroid dienone is 4. The minimum absolute atomic E-state index is 0.0754. The Morgan fingerprint density at radius 1 is 0.524 bits per heavy atom. The fourth-order valence-electron chi connectivity index (χ4n) is 6.80. The molecule has 2 aromatic carbocycles. The van der Waals surface area contributed by atoms with Crippen LogP contribution in [0.1, 0.15) is 59.4 Å². The summed E-state index contributed by atoms with van der Waals surface area (Å²) in [5, 5.41) is 9.53. The molecule has 7 aromatic heterocycles. The van der Waals surface area contributed by atoms with Crippen LogP contribution in [0.3, 0.4) is 0 Å². The Balaban J connectivity index is 0.000000157. The van der Waals surface area contributed by atoms with Crippen molar-refractivity contribution in [2.24, 2.45) is 0 Å². The molecule has 0 radical (unpaired) electrons. The molecule has 0 saturated carbocycles. The highest BCUT2D eigenvalue weighted by atomic mass is 35.5. The lowest BCUT2D eigenvalue weighted by Crippen LogP contribution is -2.10. The van der Waals surface area contributed by atoms with Gasteiger partial charge < -0.3 is 25.6 Å². The van der Waals surface area contributed by atoms with Crippen LogP contribution in [0.4, 0.5) is 23.3 Å². The van der Waals surface area contributed by atoms with E-state index >= 15 is 0 Å². The van der Waals surface area contributed by atoms with Gasteiger partial charge in [-0.05, 0) is 109 Å². The Hall–Kier alpha value is -7.37. The minimum Gasteiger partial charge on any atom is -0.367 e. The number of fused-ring (bicyclic) bond motifs is 2. The molecular formula is C51H50ClN11. The molecule has 0 fully saturated rings. The topological polar surface area (TPSA) is 149 Å². The van der Waals surface area contributed by atoms with Gasteiger partial charge in [-0.2, -0.15) is 0 Å². The smallest absolute Gasteiger partial charge is 0.227 e. The standard InChI is InChI=1S/C25H24N6.C21H20ClN5.C5H6/c1-25(2,3)23-14-18-12-19(4-5-20(18)30-23)29-24-28-11-8-21(31-24)22-13-16(7-10-27-22)17-6-9-26-15-17;1-21(2,3)19-11-13-10-15(4-5-16(13)26-19)25-20-24-9-7-17(27-20)18-12-14(22)6-8-23-18;1-2-4-5-3-1/h4-15,26,30H,1-3H3,(H,28,29,31);4-12,26H,1-3H3,(H,24,25,27);1-4H,5H2. The largest absolute Gasteiger partial charge is 0.367 e. The molecule has 9 aromatic rings. The number of benzene rings is 2. The van der Waals surface area contributed by atoms with Crippen LogP contribution < -0.4 is 10.6 Å². The minimum atomic E-state index is 0.0754. The van der Waals surface area contributed by atoms with Crippen molar-refractivity contribution in [3.05, 3.63) is 169 Å². The molecular weight excluding hydrogens is 802 g/mol. The highest BCUT2D eigenvalue weighted by molar-refractivity contribution is 6.30. The molecule has 7 heterocycles. The van der Waals surface area contributed by atoms with Crippen LogP contribution in [0.15, 0.2) is 152 Å². The zero-order chi connectivity index (χ0) is 44.0. The molecule has 1 aliphatic rings. The van der Waals surface area contributed by atoms with Gasteiger partial charge in [0.15, 0.2) is 0 Å². The number of aromatic amines is 3. The highest BCUT2D eigenvalue weighted by Crippen LogP contribution is 2.31. The lowest BCUT2D eigenvalue weighted by Gasteiger charge is -2.15. The maximum atomic E-state index is 6.05. The van der Waals surface area contributed by atoms with Gasteiger partial charge in [0.1, 0.15) is 0 Å². The lowest BCUT2D eigenvalue weighted by molar-refractivity contribution is 0.574. The van der Waals surface area contributed by atoms with Crippen molar-refractivity contribution in [2.75, 3.05) is 10.6 Å². The summed E-state index contributed by atoms with van der Waals surface area (Å²) in [6, 6.07) is 30.1. The number of rotatable bonds is 7. The van der Waals surface area contributed by atoms with Gasteiger partial charge in [0.25, 0.3) is 0 Å². The first-order valence-electron chi connectivity index (χ1n) is 20.8. The van der Waals surface area contributed by atoms with E-state index in [1.807, 2.05) is 54.9 Å². The zero-order valence-corrected chi connectivity index (χ0v) is 37.0. The van der Waals surface area contributed by atoms with E-state index in [0.717, 1.165) is 62.1 Å². The highest BCUT2D eigenvalue weighted by Gasteiger charge is 2.18. The number of H-pyrrole nitrogens is 3. The van der Waals surface area contributed by atoms with Crippen molar-refractivity contribution in [1.29, 1.82) is 0 Å². The molecule has 5 N–H and O–H groups in total. The maximum Gasteiger partial charge on any atom is 0.227 e. The summed E-state index contributed by atoms with van der Waals surface area (Å²) >= 11 is 6.05. The van der Waals surface area contributed by atoms with Crippen LogP contribution in [0.25, 0.3) is 55.7 Å². The summed E-state index contributed by atoms with van der Waals surface area (Å²) in [6.45, 7) is 13.2. The summed E-state index contributed by atoms with van der Waals surface area (Å²) in [6.07, 6.45) is 20.3. The summed E-state index contributed by atoms with van der Waals surface area (Å²) in [4.78, 5) is 36.8. The van der Waals surface area contributed by atoms with E-state index in [4.69, 9.17) is 11.6 Å². The molecule has 11 nitrogen and oxygen atoms in total. The first-order valence-corrected chi connectivity index (χ1v) is 21.2. The van der Waals surface area contributed by atoms with Crippen LogP contribution in [0, 0.1) is 0 Å². The van der Waals surface area contributed by atoms with E-state index in [2.05, 4.69) is 158 Å². The average molecular weight is 852 g/mol. The molecule has 0 saturated heterocycles. The van der Waals surface area contributed by atoms with E-state index < -0.39 is 0 Å². The summed E-state index contributed by atoms with van der Waals surface area (Å²) in [5.74, 6) is 1.05. The van der Waals surface area contributed by atoms with Crippen molar-refractivity contribution in [3.8, 4) is 33.9 Å². The van der Waals surface area contributed by atoms with Crippen molar-refractivity contribution in [3.63, 3.8) is 0 Å². The lowest BCUT2D eigenvalue weighted by atomic mass is 9.92. The third kappa shape index (κ3) is 10.8. The molecule has 0 aliphatic heterocycles. The number of hydrogen-bond acceptors (Lipinski definition) is 8. The molecule has 0 bridgehead atoms. The normalized spacial score (nSPS) is 12.2. The van der Waals surface area contributed by atoms with E-state index in [1.54, 1.807) is 36.9 Å². The quantitative estimate of drug-likeness (QED) is 0.106. The molecule has 1 aliphatic carbocycles. The summed E-state index contributed by atoms with van der Waals surface area (Å²) < 4.78 is 0. The van der Waals surface area contributed by atoms with Gasteiger partial charge in [0.2, 0.25) is 11.9 Å². The fraction of sp³-hybridized carbons (Fsp3) is 0.176. The summed E-state index contributed by atoms with van der Waals surface area (Å²) in [7, 11) is 0. The van der Waals surface area contributed by atoms with Crippen molar-refractivity contribution in [2.45, 2.75) is 58.8 Å². The Morgan fingerprint density at radius 3 is 1.52 bits per heavy atom. The Labute approximate surface area is 372 Å². The average Bonchev–Trinajstić information content (AvgIpc) is 4.12. The third-order valence-electron chi connectivity index (χ3n) is 10.3. The van der Waals surface area contributed by atoms with Gasteiger partial charge in [-0.25, -0.2) is 19.9 Å². The second-order valence-electron chi connectivity index (χ2n) is 17.2. The molecule has 0 atom stereocenters. The number of hydrogen-bond donors (Lipinski definition) is 5. The number of nitrogens with zero attached hydrogens (tertiary/aromatic N) is 6. The van der Waals surface area contributed by atoms with Crippen LogP contribution in [0.2, 0.25) is 5.02 Å². The molecule has 12 heteroatoms. The Kier molecular flexibility index (Phi) is 12.3. The number of halogens is 1. The van der Waals surface area contributed by atoms with Gasteiger partial charge in [-0.1, -0.05) is 77.4 Å². The second-order valence-corrected chi connectivity index (χ2v) is 17.7. The van der Waals surface area contributed by atoms with Crippen LogP contribution >= 0.6 is 11.6 Å². The number of aromatic nitrogens is 9. The number of anilines is 4. The predicted octanol–water partition coefficient (Wildman–Crippen LogP) is 13.3. The van der Waals surface area contributed by atoms with E-state index in [1.165, 1.54) is 11.4 Å². The van der Waals surface area contributed by atoms with E-state index in [-0.39, 0.29) is 10.8 Å². The monoisotopic (exact) mass is 851 g/mol. The zero-order valence-electron chi connectivity index (χ0n) is 36.2. The molecule has 316 valence electrons. The van der Waals surface area contributed by atoms with Crippen molar-refractivity contribution >= 4 is 56.7 Å². The second kappa shape index (κ2) is 18.3. The van der Waals surface area contributed by atoms with Crippen molar-refractivity contribution in [1.82, 2.24) is 44.9 Å². The molecule has 0 unspecified atom stereocenters. The Morgan fingerprint density at radius 2 is 1.05 bits per heavy atom.